The molecule has 1 aliphatic rings. The van der Waals surface area contributed by atoms with Gasteiger partial charge >= 0.3 is 5.97 Å². The molecule has 7 heteroatoms. The van der Waals surface area contributed by atoms with Crippen LogP contribution in [0.5, 0.6) is 0 Å². The maximum atomic E-state index is 12.9. The molecule has 0 saturated carbocycles. The molecule has 1 aromatic heterocycles. The van der Waals surface area contributed by atoms with E-state index in [1.165, 1.54) is 5.01 Å². The number of ether oxygens (including phenoxy) is 1. The second-order valence-electron chi connectivity index (χ2n) is 7.57. The molecule has 0 atom stereocenters. The molecule has 2 heterocycles. The van der Waals surface area contributed by atoms with Crippen molar-refractivity contribution in [3.63, 3.8) is 0 Å². The molecule has 0 fully saturated rings. The van der Waals surface area contributed by atoms with Gasteiger partial charge in [-0.25, -0.2) is 4.79 Å². The molecule has 162 valence electrons. The van der Waals surface area contributed by atoms with Gasteiger partial charge in [-0.05, 0) is 69.3 Å². The fraction of sp³-hybridized carbons (Fsp3) is 0.160. The Hall–Kier alpha value is -3.64. The quantitative estimate of drug-likeness (QED) is 0.356. The molecule has 0 aliphatic carbocycles. The molecule has 0 unspecified atom stereocenters. The molecular formula is C25H21ClN2O4. The van der Waals surface area contributed by atoms with Crippen molar-refractivity contribution in [2.75, 3.05) is 5.01 Å². The summed E-state index contributed by atoms with van der Waals surface area (Å²) in [5, 5.41) is 6.21. The van der Waals surface area contributed by atoms with Gasteiger partial charge in [-0.1, -0.05) is 29.8 Å². The van der Waals surface area contributed by atoms with Crippen molar-refractivity contribution < 1.29 is 18.7 Å². The van der Waals surface area contributed by atoms with Crippen LogP contribution < -0.4 is 5.01 Å². The molecule has 1 aliphatic heterocycles. The number of hydrogen-bond acceptors (Lipinski definition) is 5. The first kappa shape index (κ1) is 21.6. The van der Waals surface area contributed by atoms with Crippen molar-refractivity contribution in [1.82, 2.24) is 0 Å². The van der Waals surface area contributed by atoms with Gasteiger partial charge in [0.2, 0.25) is 0 Å². The molecule has 1 amide bonds. The Labute approximate surface area is 190 Å². The summed E-state index contributed by atoms with van der Waals surface area (Å²) >= 11 is 6.04. The molecule has 0 N–H and O–H groups in total. The highest BCUT2D eigenvalue weighted by Gasteiger charge is 2.29. The predicted octanol–water partition coefficient (Wildman–Crippen LogP) is 5.97. The number of rotatable bonds is 5. The van der Waals surface area contributed by atoms with Gasteiger partial charge in [0, 0.05) is 10.6 Å². The third kappa shape index (κ3) is 4.50. The molecule has 0 radical (unpaired) electrons. The van der Waals surface area contributed by atoms with Crippen molar-refractivity contribution in [2.45, 2.75) is 26.9 Å². The largest absolute Gasteiger partial charge is 0.459 e. The summed E-state index contributed by atoms with van der Waals surface area (Å²) in [7, 11) is 0. The van der Waals surface area contributed by atoms with Crippen molar-refractivity contribution in [1.29, 1.82) is 0 Å². The van der Waals surface area contributed by atoms with E-state index in [1.54, 1.807) is 81.4 Å². The van der Waals surface area contributed by atoms with Gasteiger partial charge in [0.15, 0.2) is 0 Å². The minimum Gasteiger partial charge on any atom is -0.459 e. The van der Waals surface area contributed by atoms with Crippen LogP contribution in [0.3, 0.4) is 0 Å². The molecular weight excluding hydrogens is 428 g/mol. The lowest BCUT2D eigenvalue weighted by Gasteiger charge is -2.11. The second-order valence-corrected chi connectivity index (χ2v) is 8.01. The van der Waals surface area contributed by atoms with Gasteiger partial charge in [0.25, 0.3) is 5.91 Å². The fourth-order valence-corrected chi connectivity index (χ4v) is 3.43. The number of nitrogens with zero attached hydrogens (tertiary/aromatic N) is 2. The van der Waals surface area contributed by atoms with Crippen LogP contribution in [0.2, 0.25) is 5.02 Å². The highest BCUT2D eigenvalue weighted by Crippen LogP contribution is 2.29. The topological polar surface area (TPSA) is 72.1 Å². The number of hydrazone groups is 1. The number of carbonyl (C=O) groups is 2. The zero-order valence-corrected chi connectivity index (χ0v) is 18.6. The first-order valence-corrected chi connectivity index (χ1v) is 10.5. The first-order chi connectivity index (χ1) is 15.3. The molecule has 0 spiro atoms. The highest BCUT2D eigenvalue weighted by atomic mass is 35.5. The van der Waals surface area contributed by atoms with Crippen molar-refractivity contribution in [2.24, 2.45) is 5.10 Å². The monoisotopic (exact) mass is 448 g/mol. The zero-order chi connectivity index (χ0) is 22.8. The summed E-state index contributed by atoms with van der Waals surface area (Å²) in [5.41, 5.74) is 2.90. The minimum atomic E-state index is -0.366. The molecule has 0 bridgehead atoms. The number of anilines is 1. The second kappa shape index (κ2) is 8.85. The van der Waals surface area contributed by atoms with E-state index in [9.17, 15) is 9.59 Å². The van der Waals surface area contributed by atoms with Gasteiger partial charge in [-0.15, -0.1) is 0 Å². The van der Waals surface area contributed by atoms with Crippen LogP contribution in [0.4, 0.5) is 5.69 Å². The Bertz CT molecular complexity index is 1240. The predicted molar refractivity (Wildman–Crippen MR) is 125 cm³/mol. The fourth-order valence-electron chi connectivity index (χ4n) is 3.25. The number of esters is 1. The summed E-state index contributed by atoms with van der Waals surface area (Å²) < 4.78 is 11.1. The molecule has 4 rings (SSSR count). The van der Waals surface area contributed by atoms with E-state index in [-0.39, 0.29) is 18.0 Å². The van der Waals surface area contributed by atoms with Gasteiger partial charge in [0.05, 0.1) is 28.6 Å². The third-order valence-electron chi connectivity index (χ3n) is 4.78. The van der Waals surface area contributed by atoms with Crippen LogP contribution in [-0.2, 0) is 9.53 Å². The molecule has 32 heavy (non-hydrogen) atoms. The summed E-state index contributed by atoms with van der Waals surface area (Å²) in [6.45, 7) is 5.38. The van der Waals surface area contributed by atoms with Gasteiger partial charge in [0.1, 0.15) is 11.5 Å². The average Bonchev–Trinajstić information content (AvgIpc) is 3.34. The van der Waals surface area contributed by atoms with Gasteiger partial charge in [-0.2, -0.15) is 10.1 Å². The Morgan fingerprint density at radius 3 is 2.56 bits per heavy atom. The lowest BCUT2D eigenvalue weighted by Crippen LogP contribution is -2.21. The van der Waals surface area contributed by atoms with Gasteiger partial charge in [-0.3, -0.25) is 4.79 Å². The van der Waals surface area contributed by atoms with Crippen LogP contribution >= 0.6 is 11.6 Å². The van der Waals surface area contributed by atoms with Crippen molar-refractivity contribution >= 4 is 41.0 Å². The Morgan fingerprint density at radius 2 is 1.88 bits per heavy atom. The van der Waals surface area contributed by atoms with Crippen molar-refractivity contribution in [3.8, 4) is 11.3 Å². The third-order valence-corrected chi connectivity index (χ3v) is 5.01. The smallest absolute Gasteiger partial charge is 0.338 e. The number of carbonyl (C=O) groups excluding carboxylic acids is 2. The van der Waals surface area contributed by atoms with E-state index < -0.39 is 0 Å². The van der Waals surface area contributed by atoms with Crippen LogP contribution in [0, 0.1) is 0 Å². The van der Waals surface area contributed by atoms with E-state index in [0.29, 0.717) is 39.1 Å². The summed E-state index contributed by atoms with van der Waals surface area (Å²) in [4.78, 5) is 24.9. The Balaban J connectivity index is 1.53. The summed E-state index contributed by atoms with van der Waals surface area (Å²) in [6.07, 6.45) is 1.49. The van der Waals surface area contributed by atoms with Gasteiger partial charge < -0.3 is 9.15 Å². The van der Waals surface area contributed by atoms with E-state index in [0.717, 1.165) is 5.56 Å². The number of amides is 1. The van der Waals surface area contributed by atoms with E-state index in [4.69, 9.17) is 20.8 Å². The maximum absolute atomic E-state index is 12.9. The van der Waals surface area contributed by atoms with E-state index in [2.05, 4.69) is 5.10 Å². The molecule has 0 saturated heterocycles. The lowest BCUT2D eigenvalue weighted by molar-refractivity contribution is -0.114. The zero-order valence-electron chi connectivity index (χ0n) is 17.8. The first-order valence-electron chi connectivity index (χ1n) is 10.1. The minimum absolute atomic E-state index is 0.178. The average molecular weight is 449 g/mol. The Kier molecular flexibility index (Phi) is 5.97. The summed E-state index contributed by atoms with van der Waals surface area (Å²) in [5.74, 6) is 0.521. The Morgan fingerprint density at radius 1 is 1.12 bits per heavy atom. The molecule has 2 aromatic carbocycles. The number of furan rings is 1. The van der Waals surface area contributed by atoms with Crippen LogP contribution in [0.15, 0.2) is 75.8 Å². The van der Waals surface area contributed by atoms with Crippen LogP contribution in [0.1, 0.15) is 36.9 Å². The standard InChI is InChI=1S/C25H21ClN2O4/c1-15(2)31-25(30)18-9-7-17(8-10-18)23-12-11-21(32-23)14-22-16(3)27-28(24(22)29)20-6-4-5-19(26)13-20/h4-15H,1-3H3/b22-14-. The van der Waals surface area contributed by atoms with E-state index >= 15 is 0 Å². The number of benzene rings is 2. The molecule has 3 aromatic rings. The van der Waals surface area contributed by atoms with Crippen molar-refractivity contribution in [3.05, 3.63) is 82.6 Å². The van der Waals surface area contributed by atoms with E-state index in [1.807, 2.05) is 6.07 Å². The number of halogens is 1. The van der Waals surface area contributed by atoms with Crippen LogP contribution in [-0.4, -0.2) is 23.7 Å². The molecule has 6 nitrogen and oxygen atoms in total. The maximum Gasteiger partial charge on any atom is 0.338 e. The SMILES string of the molecule is CC1=NN(c2cccc(Cl)c2)C(=O)/C1=C\c1ccc(-c2ccc(C(=O)OC(C)C)cc2)o1. The number of hydrogen-bond donors (Lipinski definition) is 0. The summed E-state index contributed by atoms with van der Waals surface area (Å²) in [6, 6.07) is 17.5. The lowest BCUT2D eigenvalue weighted by atomic mass is 10.1. The highest BCUT2D eigenvalue weighted by molar-refractivity contribution is 6.33. The normalized spacial score (nSPS) is 14.9. The van der Waals surface area contributed by atoms with Crippen LogP contribution in [0.25, 0.3) is 17.4 Å².